The number of aromatic nitrogens is 2. The highest BCUT2D eigenvalue weighted by Crippen LogP contribution is 2.66. The third kappa shape index (κ3) is 20.4. The quantitative estimate of drug-likeness (QED) is 0.00269. The van der Waals surface area contributed by atoms with Crippen LogP contribution in [-0.4, -0.2) is 161 Å². The smallest absolute Gasteiger partial charge is 0.490 e. The number of nitrogens with two attached hydrogens (primary N) is 3. The van der Waals surface area contributed by atoms with Crippen molar-refractivity contribution in [2.45, 2.75) is 53.8 Å². The second-order valence-electron chi connectivity index (χ2n) is 19.9. The summed E-state index contributed by atoms with van der Waals surface area (Å²) >= 11 is 0. The first-order chi connectivity index (χ1) is 45.8. The number of phosphoric ester groups is 1. The number of fused-ring (bicyclic) bond motifs is 2. The van der Waals surface area contributed by atoms with Crippen molar-refractivity contribution in [2.75, 3.05) is 64.1 Å². The summed E-state index contributed by atoms with van der Waals surface area (Å²) in [4.78, 5) is 108. The van der Waals surface area contributed by atoms with Crippen LogP contribution in [0.2, 0.25) is 0 Å². The molecule has 3 aromatic carbocycles. The molecular formula is C50H51FN14O28P3S2-. The molecule has 3 unspecified atom stereocenters. The van der Waals surface area contributed by atoms with Crippen molar-refractivity contribution in [3.05, 3.63) is 132 Å². The molecule has 1 saturated heterocycles. The molecule has 2 aliphatic heterocycles. The fourth-order valence-electron chi connectivity index (χ4n) is 9.03. The number of hydrogen-bond acceptors (Lipinski definition) is 28. The number of carbonyl (C=O) groups is 4. The number of halogens is 1. The molecule has 7 rings (SSSR count). The van der Waals surface area contributed by atoms with Crippen molar-refractivity contribution in [3.63, 3.8) is 0 Å². The van der Waals surface area contributed by atoms with Crippen LogP contribution in [0, 0.1) is 11.8 Å². The van der Waals surface area contributed by atoms with Crippen LogP contribution in [0.15, 0.2) is 102 Å². The topological polar surface area (TPSA) is 668 Å². The highest BCUT2D eigenvalue weighted by molar-refractivity contribution is 7.86. The molecule has 1 fully saturated rings. The molecular weight excluding hydrogens is 1420 g/mol. The van der Waals surface area contributed by atoms with Crippen molar-refractivity contribution >= 4 is 89.9 Å². The summed E-state index contributed by atoms with van der Waals surface area (Å²) in [7, 11) is -28.5. The number of azide groups is 2. The molecule has 3 amide bonds. The van der Waals surface area contributed by atoms with Gasteiger partial charge in [0.1, 0.15) is 62.2 Å². The van der Waals surface area contributed by atoms with Crippen LogP contribution < -0.4 is 48.6 Å². The number of ether oxygens (including phenoxy) is 5. The Labute approximate surface area is 547 Å². The minimum Gasteiger partial charge on any atom is -0.744 e. The van der Waals surface area contributed by atoms with E-state index in [1.165, 1.54) is 24.3 Å². The van der Waals surface area contributed by atoms with Crippen LogP contribution in [-0.2, 0) is 70.8 Å². The molecule has 98 heavy (non-hydrogen) atoms. The number of phosphoric acid groups is 3. The average Bonchev–Trinajstić information content (AvgIpc) is 0.815. The Morgan fingerprint density at radius 1 is 0.918 bits per heavy atom. The van der Waals surface area contributed by atoms with Crippen molar-refractivity contribution in [1.82, 2.24) is 25.5 Å². The van der Waals surface area contributed by atoms with Gasteiger partial charge in [-0.15, -0.1) is 0 Å². The maximum atomic E-state index is 14.9. The van der Waals surface area contributed by atoms with E-state index in [1.807, 2.05) is 0 Å². The second kappa shape index (κ2) is 31.5. The molecule has 0 bridgehead atoms. The van der Waals surface area contributed by atoms with E-state index in [-0.39, 0.29) is 77.4 Å². The number of carboxylic acid groups (broad SMARTS) is 1. The number of rotatable bonds is 31. The number of benzene rings is 4. The summed E-state index contributed by atoms with van der Waals surface area (Å²) in [5.41, 5.74) is 25.2. The van der Waals surface area contributed by atoms with E-state index in [9.17, 15) is 82.9 Å². The third-order valence-electron chi connectivity index (χ3n) is 12.9. The van der Waals surface area contributed by atoms with Crippen LogP contribution in [0.5, 0.6) is 5.75 Å². The summed E-state index contributed by atoms with van der Waals surface area (Å²) < 4.78 is 171. The van der Waals surface area contributed by atoms with Gasteiger partial charge in [0.2, 0.25) is 11.3 Å². The number of amides is 3. The maximum Gasteiger partial charge on any atom is 0.490 e. The van der Waals surface area contributed by atoms with Gasteiger partial charge < -0.3 is 89.3 Å². The number of nitrogen functional groups attached to an aromatic ring is 2. The molecule has 0 spiro atoms. The second-order valence-corrected chi connectivity index (χ2v) is 26.9. The summed E-state index contributed by atoms with van der Waals surface area (Å²) in [6.45, 7) is -2.72. The number of alkyl halides is 1. The fourth-order valence-corrected chi connectivity index (χ4v) is 13.5. The van der Waals surface area contributed by atoms with Gasteiger partial charge in [0, 0.05) is 76.2 Å². The van der Waals surface area contributed by atoms with E-state index in [4.69, 9.17) is 65.8 Å². The zero-order valence-electron chi connectivity index (χ0n) is 49.6. The molecule has 1 aliphatic carbocycles. The molecule has 3 aliphatic rings. The summed E-state index contributed by atoms with van der Waals surface area (Å²) in [6, 6.07) is 13.0. The molecule has 0 radical (unpaired) electrons. The first kappa shape index (κ1) is 76.1. The summed E-state index contributed by atoms with van der Waals surface area (Å²) in [6.07, 6.45) is -5.59. The van der Waals surface area contributed by atoms with Crippen LogP contribution in [0.1, 0.15) is 56.2 Å². The zero-order valence-corrected chi connectivity index (χ0v) is 53.9. The van der Waals surface area contributed by atoms with E-state index < -0.39 is 174 Å². The predicted molar refractivity (Wildman–Crippen MR) is 322 cm³/mol. The largest absolute Gasteiger partial charge is 0.744 e. The Kier molecular flexibility index (Phi) is 24.4. The van der Waals surface area contributed by atoms with E-state index in [0.717, 1.165) is 53.2 Å². The van der Waals surface area contributed by atoms with Gasteiger partial charge in [-0.2, -0.15) is 13.6 Å². The van der Waals surface area contributed by atoms with E-state index >= 15 is 0 Å². The van der Waals surface area contributed by atoms with Gasteiger partial charge in [-0.1, -0.05) is 23.0 Å². The van der Waals surface area contributed by atoms with Gasteiger partial charge in [-0.05, 0) is 76.3 Å². The number of anilines is 2. The van der Waals surface area contributed by atoms with Gasteiger partial charge >= 0.3 is 35.1 Å². The van der Waals surface area contributed by atoms with Crippen LogP contribution in [0.25, 0.3) is 54.3 Å². The van der Waals surface area contributed by atoms with E-state index in [1.54, 1.807) is 0 Å². The average molecular weight is 1470 g/mol. The standard InChI is InChI=1S/C50H52FN14O28P3S2/c1-50(51,62-64-56)91-35-20-39(89-36(35)22-88-95(75,76)93-96(77,78)92-94(72,73)74)65-21-27(45(54)60-49(65)71)5-3-13-57-37(66)23-85-16-17-86-38(61-63-55)24-87-28-6-2-4-25(18-28)46(67)58-14-15-59-47(68)26-7-8-29(48(69)70)32(19-26)40-30-9-11-33(52)43(97(79,80)81)41(30)90-42-31(40)10-12-34(53)44(42)98(82,83)84/h2,4,6-12,18-19,21,35-36,38-39,52H,13-17,20,22-24,53H2,1H3,(H,57,66)(H,58,67)(H,59,68)(H,69,70)(H,75,76)(H,77,78)(H2,54,60,71)(H2,72,73,74)(H,79,80,81)(H,82,83,84)/p-1/t35-,36-,38?,39-,50-/m1/s1. The van der Waals surface area contributed by atoms with Crippen molar-refractivity contribution < 1.29 is 135 Å². The Hall–Kier alpha value is -9.31. The molecule has 7 atom stereocenters. The van der Waals surface area contributed by atoms with Crippen LogP contribution >= 0.6 is 23.5 Å². The number of hydrogen-bond donors (Lipinski definition) is 11. The highest BCUT2D eigenvalue weighted by Gasteiger charge is 2.46. The molecule has 0 saturated carbocycles. The maximum absolute atomic E-state index is 14.9. The van der Waals surface area contributed by atoms with Gasteiger partial charge in [0.15, 0.2) is 22.5 Å². The lowest BCUT2D eigenvalue weighted by Gasteiger charge is -2.24. The van der Waals surface area contributed by atoms with Crippen molar-refractivity contribution in [3.8, 4) is 40.0 Å². The van der Waals surface area contributed by atoms with Gasteiger partial charge in [0.25, 0.3) is 17.8 Å². The first-order valence-electron chi connectivity index (χ1n) is 27.0. The third-order valence-corrected chi connectivity index (χ3v) is 18.6. The summed E-state index contributed by atoms with van der Waals surface area (Å²) in [5.74, 6) is -2.97. The van der Waals surface area contributed by atoms with E-state index in [2.05, 4.69) is 66.0 Å². The molecule has 42 nitrogen and oxygen atoms in total. The number of nitrogens with zero attached hydrogens (tertiary/aromatic N) is 8. The molecule has 1 aromatic heterocycles. The van der Waals surface area contributed by atoms with Crippen LogP contribution in [0.3, 0.4) is 0 Å². The SMILES string of the molecule is C[C@@](F)(N=[N+]=[N-])O[C@@H]1C[C@H](n2cc(C#CCNC(=O)COCCOC(COc3cccc(C(=O)NCCNC(=O)c4ccc(C(=O)O)c(-c5c6ccc(=[NH2+])c(S(=O)(=O)[O-])c-6oc6c(S(=O)(=O)[O-])c(N)ccc56)c4)c3)N=[N+]=[N-])c(N)nc2=O)O[C@@H]1COP(=O)(O)OP(=O)(O)OP(=O)(O)O. The normalized spacial score (nSPS) is 16.9. The first-order valence-corrected chi connectivity index (χ1v) is 34.4. The molecule has 4 aromatic rings. The van der Waals surface area contributed by atoms with Crippen molar-refractivity contribution in [1.29, 1.82) is 0 Å². The van der Waals surface area contributed by atoms with Gasteiger partial charge in [0.05, 0.1) is 49.3 Å². The monoisotopic (exact) mass is 1470 g/mol. The highest BCUT2D eigenvalue weighted by atomic mass is 32.2. The minimum absolute atomic E-state index is 0.0573. The lowest BCUT2D eigenvalue weighted by Crippen LogP contribution is -2.47. The summed E-state index contributed by atoms with van der Waals surface area (Å²) in [5, 5.41) is 29.0. The minimum atomic E-state index is -5.96. The number of carbonyl (C=O) groups excluding carboxylic acids is 3. The Morgan fingerprint density at radius 2 is 1.60 bits per heavy atom. The van der Waals surface area contributed by atoms with Crippen molar-refractivity contribution in [2.24, 2.45) is 10.2 Å². The Balaban J connectivity index is 0.883. The predicted octanol–water partition coefficient (Wildman–Crippen LogP) is 0.438. The molecule has 48 heteroatoms. The lowest BCUT2D eigenvalue weighted by atomic mass is 9.89. The zero-order chi connectivity index (χ0) is 72.3. The van der Waals surface area contributed by atoms with Gasteiger partial charge in [-0.3, -0.25) is 28.9 Å². The Bertz CT molecular complexity index is 4790. The number of nitrogens with one attached hydrogen (secondary N) is 3. The molecule has 524 valence electrons. The molecule has 3 heterocycles. The number of aromatic carboxylic acids is 1. The van der Waals surface area contributed by atoms with Gasteiger partial charge in [-0.25, -0.2) is 44.5 Å². The fraction of sp³-hybridized carbons (Fsp3) is 0.300. The van der Waals surface area contributed by atoms with E-state index in [0.29, 0.717) is 6.92 Å². The van der Waals surface area contributed by atoms with Crippen LogP contribution in [0.4, 0.5) is 15.9 Å². The lowest BCUT2D eigenvalue weighted by molar-refractivity contribution is -0.178. The Morgan fingerprint density at radius 3 is 2.24 bits per heavy atom. The number of carboxylic acids is 1. The molecule has 14 N–H and O–H groups in total.